The van der Waals surface area contributed by atoms with Gasteiger partial charge >= 0.3 is 39.5 Å². The average Bonchev–Trinajstić information content (AvgIpc) is 2.57. The van der Waals surface area contributed by atoms with Crippen molar-refractivity contribution in [3.63, 3.8) is 0 Å². The Morgan fingerprint density at radius 1 is 0.273 bits per heavy atom. The molecule has 0 fully saturated rings. The number of hydrogen-bond acceptors (Lipinski definition) is 15. The zero-order valence-electron chi connectivity index (χ0n) is 64.6. The van der Waals surface area contributed by atoms with E-state index in [4.69, 9.17) is 37.0 Å². The van der Waals surface area contributed by atoms with E-state index in [1.807, 2.05) is 0 Å². The smallest absolute Gasteiger partial charge is 0.462 e. The molecule has 0 spiro atoms. The molecule has 0 saturated heterocycles. The first-order chi connectivity index (χ1) is 48.0. The Morgan fingerprint density at radius 2 is 0.465 bits per heavy atom. The number of phosphoric acid groups is 2. The molecule has 2 unspecified atom stereocenters. The van der Waals surface area contributed by atoms with Gasteiger partial charge in [0.2, 0.25) is 0 Å². The van der Waals surface area contributed by atoms with Gasteiger partial charge < -0.3 is 33.8 Å². The number of carbonyl (C=O) groups excluding carboxylic acids is 4. The number of rotatable bonds is 80. The Kier molecular flexibility index (Phi) is 71.6. The van der Waals surface area contributed by atoms with Gasteiger partial charge in [0.05, 0.1) is 26.4 Å². The van der Waals surface area contributed by atoms with Crippen molar-refractivity contribution in [2.75, 3.05) is 39.6 Å². The SMILES string of the molecule is CCCCCCCCCCCCCCCCCCCCC(=O)OC[C@H](COP(=O)(O)OC[C@@H](O)COP(=O)(O)OC[C@@H](COC(=O)CCCCCCCCC(C)C)OC(=O)CCCCCCCCCCCCCCCC)OC(=O)CCCCCCCCCCCCCCCCCCCC. The molecule has 0 saturated carbocycles. The summed E-state index contributed by atoms with van der Waals surface area (Å²) in [5, 5.41) is 10.6. The summed E-state index contributed by atoms with van der Waals surface area (Å²) in [6.07, 6.45) is 64.0. The molecule has 0 aliphatic heterocycles. The molecule has 0 heterocycles. The summed E-state index contributed by atoms with van der Waals surface area (Å²) in [7, 11) is -9.92. The fourth-order valence-corrected chi connectivity index (χ4v) is 14.0. The highest BCUT2D eigenvalue weighted by atomic mass is 31.2. The molecule has 0 amide bonds. The maximum Gasteiger partial charge on any atom is 0.472 e. The summed E-state index contributed by atoms with van der Waals surface area (Å²) in [6.45, 7) is 7.25. The maximum atomic E-state index is 13.1. The van der Waals surface area contributed by atoms with Gasteiger partial charge in [-0.15, -0.1) is 0 Å². The minimum Gasteiger partial charge on any atom is -0.462 e. The molecule has 3 N–H and O–H groups in total. The van der Waals surface area contributed by atoms with Crippen LogP contribution in [0.2, 0.25) is 0 Å². The van der Waals surface area contributed by atoms with Crippen LogP contribution in [0, 0.1) is 5.92 Å². The van der Waals surface area contributed by atoms with Crippen LogP contribution in [0.25, 0.3) is 0 Å². The topological polar surface area (TPSA) is 237 Å². The van der Waals surface area contributed by atoms with Gasteiger partial charge in [-0.25, -0.2) is 9.13 Å². The van der Waals surface area contributed by atoms with Crippen LogP contribution in [-0.2, 0) is 65.4 Å². The van der Waals surface area contributed by atoms with Crippen molar-refractivity contribution in [3.05, 3.63) is 0 Å². The molecule has 0 aromatic heterocycles. The van der Waals surface area contributed by atoms with Crippen molar-refractivity contribution in [2.45, 2.75) is 445 Å². The quantitative estimate of drug-likeness (QED) is 0.0222. The molecule has 5 atom stereocenters. The van der Waals surface area contributed by atoms with Crippen molar-refractivity contribution >= 4 is 39.5 Å². The number of esters is 4. The van der Waals surface area contributed by atoms with Crippen LogP contribution in [-0.4, -0.2) is 96.7 Å². The number of aliphatic hydroxyl groups is 1. The molecule has 99 heavy (non-hydrogen) atoms. The number of ether oxygens (including phenoxy) is 4. The molecule has 0 aliphatic carbocycles. The van der Waals surface area contributed by atoms with Crippen LogP contribution in [0.5, 0.6) is 0 Å². The van der Waals surface area contributed by atoms with E-state index < -0.39 is 97.5 Å². The summed E-state index contributed by atoms with van der Waals surface area (Å²) < 4.78 is 68.7. The third kappa shape index (κ3) is 74.1. The number of unbranched alkanes of at least 4 members (excludes halogenated alkanes) is 52. The maximum absolute atomic E-state index is 13.1. The van der Waals surface area contributed by atoms with Gasteiger partial charge in [-0.2, -0.15) is 0 Å². The standard InChI is InChI=1S/C80H156O17P2/c1-6-9-12-15-18-21-24-27-30-32-34-36-39-41-44-47-53-58-63-77(82)90-69-75(96-79(84)66-61-56-49-46-43-40-37-35-33-31-28-25-22-19-16-13-10-7-2)71-94-98(86,87)92-67-74(81)68-93-99(88,89)95-72-76(70-91-78(83)64-59-54-51-50-52-57-62-73(4)5)97-80(85)65-60-55-48-45-42-38-29-26-23-20-17-14-11-8-3/h73-76,81H,6-72H2,1-5H3,(H,86,87)(H,88,89)/t74-,75-,76-/m1/s1. The summed E-state index contributed by atoms with van der Waals surface area (Å²) in [6, 6.07) is 0. The van der Waals surface area contributed by atoms with E-state index in [1.54, 1.807) is 0 Å². The molecule has 0 radical (unpaired) electrons. The lowest BCUT2D eigenvalue weighted by molar-refractivity contribution is -0.161. The molecule has 17 nitrogen and oxygen atoms in total. The largest absolute Gasteiger partial charge is 0.472 e. The van der Waals surface area contributed by atoms with E-state index in [0.717, 1.165) is 96.3 Å². The van der Waals surface area contributed by atoms with Crippen LogP contribution >= 0.6 is 15.6 Å². The Hall–Kier alpha value is -1.94. The first-order valence-electron chi connectivity index (χ1n) is 41.6. The van der Waals surface area contributed by atoms with Crippen molar-refractivity contribution in [1.82, 2.24) is 0 Å². The first-order valence-corrected chi connectivity index (χ1v) is 44.6. The predicted octanol–water partition coefficient (Wildman–Crippen LogP) is 24.0. The predicted molar refractivity (Wildman–Crippen MR) is 405 cm³/mol. The minimum absolute atomic E-state index is 0.107. The molecular weight excluding hydrogens is 1290 g/mol. The highest BCUT2D eigenvalue weighted by molar-refractivity contribution is 7.47. The third-order valence-corrected chi connectivity index (χ3v) is 20.7. The zero-order valence-corrected chi connectivity index (χ0v) is 66.4. The van der Waals surface area contributed by atoms with Gasteiger partial charge in [0, 0.05) is 25.7 Å². The third-order valence-electron chi connectivity index (χ3n) is 18.8. The van der Waals surface area contributed by atoms with E-state index in [-0.39, 0.29) is 25.7 Å². The summed E-state index contributed by atoms with van der Waals surface area (Å²) >= 11 is 0. The summed E-state index contributed by atoms with van der Waals surface area (Å²) in [5.41, 5.74) is 0. The van der Waals surface area contributed by atoms with E-state index in [0.29, 0.717) is 31.6 Å². The van der Waals surface area contributed by atoms with E-state index >= 15 is 0 Å². The molecule has 0 rings (SSSR count). The van der Waals surface area contributed by atoms with Gasteiger partial charge in [0.15, 0.2) is 12.2 Å². The van der Waals surface area contributed by atoms with Gasteiger partial charge in [0.1, 0.15) is 19.3 Å². The van der Waals surface area contributed by atoms with Crippen LogP contribution in [0.15, 0.2) is 0 Å². The van der Waals surface area contributed by atoms with Crippen LogP contribution in [0.4, 0.5) is 0 Å². The Morgan fingerprint density at radius 3 is 0.687 bits per heavy atom. The number of hydrogen-bond donors (Lipinski definition) is 3. The Labute approximate surface area is 607 Å². The van der Waals surface area contributed by atoms with Gasteiger partial charge in [-0.1, -0.05) is 375 Å². The fourth-order valence-electron chi connectivity index (χ4n) is 12.4. The normalized spacial score (nSPS) is 13.9. The molecular formula is C80H156O17P2. The summed E-state index contributed by atoms with van der Waals surface area (Å²) in [4.78, 5) is 72.9. The van der Waals surface area contributed by atoms with E-state index in [1.165, 1.54) is 244 Å². The lowest BCUT2D eigenvalue weighted by Gasteiger charge is -2.21. The van der Waals surface area contributed by atoms with Gasteiger partial charge in [-0.3, -0.25) is 37.3 Å². The highest BCUT2D eigenvalue weighted by Gasteiger charge is 2.30. The number of aliphatic hydroxyl groups excluding tert-OH is 1. The fraction of sp³-hybridized carbons (Fsp3) is 0.950. The highest BCUT2D eigenvalue weighted by Crippen LogP contribution is 2.45. The number of carbonyl (C=O) groups is 4. The Bertz CT molecular complexity index is 1890. The lowest BCUT2D eigenvalue weighted by atomic mass is 10.0. The van der Waals surface area contributed by atoms with Crippen LogP contribution in [0.1, 0.15) is 426 Å². The van der Waals surface area contributed by atoms with Crippen LogP contribution < -0.4 is 0 Å². The molecule has 19 heteroatoms. The van der Waals surface area contributed by atoms with E-state index in [2.05, 4.69) is 34.6 Å². The second-order valence-corrected chi connectivity index (χ2v) is 32.2. The van der Waals surface area contributed by atoms with Crippen molar-refractivity contribution in [3.8, 4) is 0 Å². The van der Waals surface area contributed by atoms with E-state index in [9.17, 15) is 43.2 Å². The Balaban J connectivity index is 5.22. The molecule has 0 aromatic rings. The number of phosphoric ester groups is 2. The van der Waals surface area contributed by atoms with Crippen molar-refractivity contribution in [1.29, 1.82) is 0 Å². The van der Waals surface area contributed by atoms with Crippen LogP contribution in [0.3, 0.4) is 0 Å². The second-order valence-electron chi connectivity index (χ2n) is 29.3. The molecule has 588 valence electrons. The average molecular weight is 1450 g/mol. The van der Waals surface area contributed by atoms with Gasteiger partial charge in [0.25, 0.3) is 0 Å². The minimum atomic E-state index is -4.96. The molecule has 0 bridgehead atoms. The first kappa shape index (κ1) is 97.1. The monoisotopic (exact) mass is 1450 g/mol. The second kappa shape index (κ2) is 73.0. The lowest BCUT2D eigenvalue weighted by Crippen LogP contribution is -2.30. The molecule has 0 aliphatic rings. The summed E-state index contributed by atoms with van der Waals surface area (Å²) in [5.74, 6) is -1.43. The molecule has 0 aromatic carbocycles. The zero-order chi connectivity index (χ0) is 72.7. The van der Waals surface area contributed by atoms with Crippen molar-refractivity contribution in [2.24, 2.45) is 5.92 Å². The van der Waals surface area contributed by atoms with Crippen molar-refractivity contribution < 1.29 is 80.2 Å². The van der Waals surface area contributed by atoms with Gasteiger partial charge in [-0.05, 0) is 31.6 Å².